The highest BCUT2D eigenvalue weighted by molar-refractivity contribution is 5.71. The van der Waals surface area contributed by atoms with Gasteiger partial charge in [-0.25, -0.2) is 4.79 Å². The first-order valence-corrected chi connectivity index (χ1v) is 4.79. The van der Waals surface area contributed by atoms with E-state index in [1.165, 1.54) is 11.1 Å². The van der Waals surface area contributed by atoms with Crippen molar-refractivity contribution < 1.29 is 9.53 Å². The minimum absolute atomic E-state index is 0.152. The molecule has 1 aromatic rings. The summed E-state index contributed by atoms with van der Waals surface area (Å²) >= 11 is 0. The van der Waals surface area contributed by atoms with E-state index >= 15 is 0 Å². The highest BCUT2D eigenvalue weighted by atomic mass is 16.6. The largest absolute Gasteiger partial charge is 0.447 e. The number of fused-ring (bicyclic) bond motifs is 1. The molecule has 14 heavy (non-hydrogen) atoms. The van der Waals surface area contributed by atoms with Gasteiger partial charge in [-0.1, -0.05) is 24.3 Å². The van der Waals surface area contributed by atoms with E-state index in [0.717, 1.165) is 12.8 Å². The molecule has 72 valence electrons. The molecular formula is C11H11NO2. The zero-order chi connectivity index (χ0) is 9.60. The molecule has 1 aliphatic carbocycles. The number of nitrogens with one attached hydrogen (secondary N) is 1. The fraction of sp³-hybridized carbons (Fsp3) is 0.364. The molecule has 3 heteroatoms. The molecule has 3 rings (SSSR count). The van der Waals surface area contributed by atoms with Crippen LogP contribution in [0.3, 0.4) is 0 Å². The molecule has 0 aromatic heterocycles. The molecule has 1 heterocycles. The summed E-state index contributed by atoms with van der Waals surface area (Å²) in [5.74, 6) is 0. The molecule has 2 aliphatic rings. The minimum atomic E-state index is -0.280. The molecule has 1 fully saturated rings. The summed E-state index contributed by atoms with van der Waals surface area (Å²) in [6, 6.07) is 8.31. The van der Waals surface area contributed by atoms with Crippen LogP contribution in [-0.4, -0.2) is 18.2 Å². The van der Waals surface area contributed by atoms with Gasteiger partial charge in [-0.3, -0.25) is 0 Å². The predicted molar refractivity (Wildman–Crippen MR) is 51.1 cm³/mol. The van der Waals surface area contributed by atoms with Crippen LogP contribution in [0.4, 0.5) is 4.79 Å². The van der Waals surface area contributed by atoms with Gasteiger partial charge in [-0.05, 0) is 24.0 Å². The van der Waals surface area contributed by atoms with Crippen molar-refractivity contribution in [3.8, 4) is 0 Å². The number of ether oxygens (including phenoxy) is 1. The molecule has 1 N–H and O–H groups in total. The van der Waals surface area contributed by atoms with Gasteiger partial charge in [-0.2, -0.15) is 0 Å². The molecule has 1 aliphatic heterocycles. The minimum Gasteiger partial charge on any atom is -0.447 e. The Morgan fingerprint density at radius 2 is 1.86 bits per heavy atom. The van der Waals surface area contributed by atoms with E-state index in [1.54, 1.807) is 0 Å². The third-order valence-corrected chi connectivity index (χ3v) is 3.02. The first-order chi connectivity index (χ1) is 6.77. The van der Waals surface area contributed by atoms with Crippen molar-refractivity contribution in [3.63, 3.8) is 0 Å². The predicted octanol–water partition coefficient (Wildman–Crippen LogP) is 1.26. The van der Waals surface area contributed by atoms with Gasteiger partial charge in [0.15, 0.2) is 0 Å². The fourth-order valence-electron chi connectivity index (χ4n) is 2.38. The van der Waals surface area contributed by atoms with Crippen LogP contribution in [0.1, 0.15) is 11.1 Å². The van der Waals surface area contributed by atoms with Crippen molar-refractivity contribution in [2.24, 2.45) is 0 Å². The molecule has 3 nitrogen and oxygen atoms in total. The van der Waals surface area contributed by atoms with Crippen LogP contribution in [0.5, 0.6) is 0 Å². The Hall–Kier alpha value is -1.51. The number of carbonyl (C=O) groups excluding carboxylic acids is 1. The molecule has 0 bridgehead atoms. The fourth-order valence-corrected chi connectivity index (χ4v) is 2.38. The highest BCUT2D eigenvalue weighted by Gasteiger charge is 2.44. The average molecular weight is 189 g/mol. The third kappa shape index (κ3) is 1.02. The van der Waals surface area contributed by atoms with E-state index in [2.05, 4.69) is 17.4 Å². The second-order valence-corrected chi connectivity index (χ2v) is 4.10. The maximum Gasteiger partial charge on any atom is 0.407 e. The molecular weight excluding hydrogens is 178 g/mol. The van der Waals surface area contributed by atoms with Crippen LogP contribution in [0, 0.1) is 0 Å². The number of hydrogen-bond donors (Lipinski definition) is 1. The lowest BCUT2D eigenvalue weighted by molar-refractivity contribution is 0.172. The zero-order valence-corrected chi connectivity index (χ0v) is 7.75. The van der Waals surface area contributed by atoms with E-state index in [1.807, 2.05) is 12.1 Å². The molecule has 0 saturated carbocycles. The zero-order valence-electron chi connectivity index (χ0n) is 7.75. The summed E-state index contributed by atoms with van der Waals surface area (Å²) in [6.07, 6.45) is 1.52. The smallest absolute Gasteiger partial charge is 0.407 e. The molecule has 1 spiro atoms. The van der Waals surface area contributed by atoms with E-state index in [4.69, 9.17) is 4.74 Å². The number of rotatable bonds is 0. The summed E-state index contributed by atoms with van der Waals surface area (Å²) in [4.78, 5) is 11.0. The van der Waals surface area contributed by atoms with E-state index < -0.39 is 0 Å². The van der Waals surface area contributed by atoms with Crippen LogP contribution >= 0.6 is 0 Å². The van der Waals surface area contributed by atoms with Gasteiger partial charge >= 0.3 is 6.09 Å². The molecule has 0 unspecified atom stereocenters. The first kappa shape index (κ1) is 7.85. The molecule has 0 atom stereocenters. The summed E-state index contributed by atoms with van der Waals surface area (Å²) in [6.45, 7) is 0.501. The Kier molecular flexibility index (Phi) is 1.40. The van der Waals surface area contributed by atoms with E-state index in [-0.39, 0.29) is 11.6 Å². The number of benzene rings is 1. The SMILES string of the molecule is O=C1NC2(CO1)Cc1ccccc1C2. The van der Waals surface area contributed by atoms with Crippen molar-refractivity contribution in [1.82, 2.24) is 5.32 Å². The van der Waals surface area contributed by atoms with Crippen molar-refractivity contribution in [2.45, 2.75) is 18.4 Å². The summed E-state index contributed by atoms with van der Waals surface area (Å²) < 4.78 is 4.97. The Morgan fingerprint density at radius 3 is 2.36 bits per heavy atom. The lowest BCUT2D eigenvalue weighted by Crippen LogP contribution is -2.44. The first-order valence-electron chi connectivity index (χ1n) is 4.79. The van der Waals surface area contributed by atoms with E-state index in [0.29, 0.717) is 6.61 Å². The number of hydrogen-bond acceptors (Lipinski definition) is 2. The van der Waals surface area contributed by atoms with E-state index in [9.17, 15) is 4.79 Å². The van der Waals surface area contributed by atoms with Gasteiger partial charge in [0.05, 0.1) is 5.54 Å². The third-order valence-electron chi connectivity index (χ3n) is 3.02. The number of cyclic esters (lactones) is 1. The summed E-state index contributed by atoms with van der Waals surface area (Å²) in [5, 5.41) is 2.92. The molecule has 1 amide bonds. The van der Waals surface area contributed by atoms with Gasteiger partial charge in [0.25, 0.3) is 0 Å². The normalized spacial score (nSPS) is 21.9. The topological polar surface area (TPSA) is 38.3 Å². The standard InChI is InChI=1S/C11H11NO2/c13-10-12-11(7-14-10)5-8-3-1-2-4-9(8)6-11/h1-4H,5-7H2,(H,12,13). The van der Waals surface area contributed by atoms with Gasteiger partial charge in [0, 0.05) is 0 Å². The Bertz CT molecular complexity index is 375. The number of amides is 1. The molecule has 1 saturated heterocycles. The second-order valence-electron chi connectivity index (χ2n) is 4.10. The number of carbonyl (C=O) groups is 1. The molecule has 0 radical (unpaired) electrons. The van der Waals surface area contributed by atoms with Crippen molar-refractivity contribution in [2.75, 3.05) is 6.61 Å². The van der Waals surface area contributed by atoms with Crippen LogP contribution in [0.15, 0.2) is 24.3 Å². The van der Waals surface area contributed by atoms with Gasteiger partial charge in [0.1, 0.15) is 6.61 Å². The molecule has 1 aromatic carbocycles. The maximum absolute atomic E-state index is 11.0. The van der Waals surface area contributed by atoms with Crippen LogP contribution in [0.25, 0.3) is 0 Å². The van der Waals surface area contributed by atoms with Crippen molar-refractivity contribution in [1.29, 1.82) is 0 Å². The lowest BCUT2D eigenvalue weighted by atomic mass is 9.98. The van der Waals surface area contributed by atoms with Crippen LogP contribution < -0.4 is 5.32 Å². The monoisotopic (exact) mass is 189 g/mol. The second kappa shape index (κ2) is 2.50. The Labute approximate surface area is 82.1 Å². The number of alkyl carbamates (subject to hydrolysis) is 1. The Balaban J connectivity index is 1.94. The van der Waals surface area contributed by atoms with Crippen molar-refractivity contribution >= 4 is 6.09 Å². The Morgan fingerprint density at radius 1 is 1.21 bits per heavy atom. The average Bonchev–Trinajstić information content (AvgIpc) is 2.69. The summed E-state index contributed by atoms with van der Waals surface area (Å²) in [5.41, 5.74) is 2.51. The highest BCUT2D eigenvalue weighted by Crippen LogP contribution is 2.32. The quantitative estimate of drug-likeness (QED) is 0.667. The lowest BCUT2D eigenvalue weighted by Gasteiger charge is -2.18. The summed E-state index contributed by atoms with van der Waals surface area (Å²) in [7, 11) is 0. The van der Waals surface area contributed by atoms with Crippen LogP contribution in [0.2, 0.25) is 0 Å². The van der Waals surface area contributed by atoms with Gasteiger partial charge < -0.3 is 10.1 Å². The maximum atomic E-state index is 11.0. The van der Waals surface area contributed by atoms with Gasteiger partial charge in [0.2, 0.25) is 0 Å². The van der Waals surface area contributed by atoms with Crippen LogP contribution in [-0.2, 0) is 17.6 Å². The van der Waals surface area contributed by atoms with Gasteiger partial charge in [-0.15, -0.1) is 0 Å². The van der Waals surface area contributed by atoms with Crippen molar-refractivity contribution in [3.05, 3.63) is 35.4 Å².